The maximum atomic E-state index is 11.6. The number of hydrogen-bond donors (Lipinski definition) is 1. The number of carboxylic acids is 1. The minimum absolute atomic E-state index is 0.0147. The molecule has 0 spiro atoms. The van der Waals surface area contributed by atoms with Gasteiger partial charge < -0.3 is 9.84 Å². The molecule has 1 fully saturated rings. The van der Waals surface area contributed by atoms with Gasteiger partial charge >= 0.3 is 5.97 Å². The van der Waals surface area contributed by atoms with Crippen LogP contribution in [0, 0.1) is 0 Å². The van der Waals surface area contributed by atoms with Crippen molar-refractivity contribution in [3.8, 4) is 5.75 Å². The van der Waals surface area contributed by atoms with Crippen LogP contribution >= 0.6 is 0 Å². The van der Waals surface area contributed by atoms with Gasteiger partial charge in [-0.25, -0.2) is 0 Å². The Balaban J connectivity index is 1.69. The molecule has 1 aromatic heterocycles. The molecule has 1 unspecified atom stereocenters. The summed E-state index contributed by atoms with van der Waals surface area (Å²) in [4.78, 5) is 17.6. The van der Waals surface area contributed by atoms with Gasteiger partial charge in [-0.3, -0.25) is 14.7 Å². The van der Waals surface area contributed by atoms with Gasteiger partial charge in [0, 0.05) is 25.5 Å². The van der Waals surface area contributed by atoms with Gasteiger partial charge in [-0.1, -0.05) is 24.3 Å². The summed E-state index contributed by atoms with van der Waals surface area (Å²) in [5.41, 5.74) is 0.704. The molecule has 1 aliphatic rings. The number of aliphatic carboxylic acids is 1. The summed E-state index contributed by atoms with van der Waals surface area (Å²) in [7, 11) is 0. The molecule has 114 valence electrons. The topological polar surface area (TPSA) is 62.7 Å². The third kappa shape index (κ3) is 3.26. The third-order valence-corrected chi connectivity index (χ3v) is 3.82. The Morgan fingerprint density at radius 1 is 1.27 bits per heavy atom. The lowest BCUT2D eigenvalue weighted by molar-refractivity contribution is -0.143. The Labute approximate surface area is 129 Å². The molecule has 0 aliphatic carbocycles. The fourth-order valence-corrected chi connectivity index (χ4v) is 2.82. The molecule has 1 aliphatic heterocycles. The molecule has 5 heteroatoms. The molecule has 2 heterocycles. The van der Waals surface area contributed by atoms with E-state index in [2.05, 4.69) is 4.98 Å². The summed E-state index contributed by atoms with van der Waals surface area (Å²) >= 11 is 0. The molecule has 22 heavy (non-hydrogen) atoms. The molecular weight excluding hydrogens is 280 g/mol. The fraction of sp³-hybridized carbons (Fsp3) is 0.294. The molecule has 1 aromatic carbocycles. The Bertz CT molecular complexity index is 618. The largest absolute Gasteiger partial charge is 0.489 e. The number of benzene rings is 1. The zero-order chi connectivity index (χ0) is 15.4. The van der Waals surface area contributed by atoms with E-state index in [1.807, 2.05) is 35.2 Å². The highest BCUT2D eigenvalue weighted by Gasteiger charge is 2.34. The minimum Gasteiger partial charge on any atom is -0.489 e. The van der Waals surface area contributed by atoms with Crippen molar-refractivity contribution in [1.29, 1.82) is 0 Å². The number of aromatic nitrogens is 1. The molecule has 0 saturated carbocycles. The van der Waals surface area contributed by atoms with Gasteiger partial charge in [-0.2, -0.15) is 0 Å². The fourth-order valence-electron chi connectivity index (χ4n) is 2.82. The number of para-hydroxylation sites is 1. The van der Waals surface area contributed by atoms with E-state index in [1.165, 1.54) is 0 Å². The highest BCUT2D eigenvalue weighted by atomic mass is 16.5. The molecule has 0 bridgehead atoms. The normalized spacial score (nSPS) is 19.7. The van der Waals surface area contributed by atoms with E-state index in [0.717, 1.165) is 12.2 Å². The second-order valence-corrected chi connectivity index (χ2v) is 5.36. The van der Waals surface area contributed by atoms with E-state index in [1.54, 1.807) is 24.5 Å². The second-order valence-electron chi connectivity index (χ2n) is 5.36. The van der Waals surface area contributed by atoms with Crippen LogP contribution in [0.1, 0.15) is 18.0 Å². The van der Waals surface area contributed by atoms with Crippen molar-refractivity contribution in [1.82, 2.24) is 9.88 Å². The van der Waals surface area contributed by atoms with Crippen LogP contribution in [0.4, 0.5) is 0 Å². The quantitative estimate of drug-likeness (QED) is 0.918. The van der Waals surface area contributed by atoms with E-state index < -0.39 is 12.0 Å². The number of carbonyl (C=O) groups is 1. The van der Waals surface area contributed by atoms with Crippen molar-refractivity contribution in [2.24, 2.45) is 0 Å². The zero-order valence-corrected chi connectivity index (χ0v) is 12.1. The van der Waals surface area contributed by atoms with Crippen molar-refractivity contribution in [2.75, 3.05) is 13.1 Å². The van der Waals surface area contributed by atoms with Crippen LogP contribution in [0.5, 0.6) is 5.75 Å². The lowest BCUT2D eigenvalue weighted by Crippen LogP contribution is -2.34. The monoisotopic (exact) mass is 298 g/mol. The van der Waals surface area contributed by atoms with Crippen LogP contribution in [0.2, 0.25) is 0 Å². The van der Waals surface area contributed by atoms with Crippen molar-refractivity contribution >= 4 is 5.97 Å². The van der Waals surface area contributed by atoms with Crippen LogP contribution in [0.3, 0.4) is 0 Å². The molecule has 1 N–H and O–H groups in total. The summed E-state index contributed by atoms with van der Waals surface area (Å²) in [5, 5.41) is 9.55. The molecular formula is C17H18N2O3. The number of ether oxygens (including phenoxy) is 1. The van der Waals surface area contributed by atoms with Crippen LogP contribution in [-0.4, -0.2) is 40.2 Å². The Morgan fingerprint density at radius 2 is 2.09 bits per heavy atom. The number of nitrogens with zero attached hydrogens (tertiary/aromatic N) is 2. The maximum absolute atomic E-state index is 11.6. The van der Waals surface area contributed by atoms with Gasteiger partial charge in [0.05, 0.1) is 0 Å². The molecule has 0 amide bonds. The van der Waals surface area contributed by atoms with E-state index in [4.69, 9.17) is 4.74 Å². The average Bonchev–Trinajstić information content (AvgIpc) is 2.97. The number of rotatable bonds is 5. The van der Waals surface area contributed by atoms with E-state index in [-0.39, 0.29) is 6.10 Å². The lowest BCUT2D eigenvalue weighted by atomic mass is 10.1. The second kappa shape index (κ2) is 6.58. The van der Waals surface area contributed by atoms with Crippen LogP contribution < -0.4 is 4.74 Å². The minimum atomic E-state index is -0.853. The molecule has 2 atom stereocenters. The van der Waals surface area contributed by atoms with Crippen molar-refractivity contribution in [3.05, 3.63) is 60.4 Å². The van der Waals surface area contributed by atoms with Crippen molar-refractivity contribution < 1.29 is 14.6 Å². The smallest absolute Gasteiger partial charge is 0.325 e. The Morgan fingerprint density at radius 3 is 2.77 bits per heavy atom. The molecule has 0 radical (unpaired) electrons. The zero-order valence-electron chi connectivity index (χ0n) is 12.1. The van der Waals surface area contributed by atoms with Gasteiger partial charge in [-0.05, 0) is 30.2 Å². The Kier molecular flexibility index (Phi) is 4.34. The first-order chi connectivity index (χ1) is 10.7. The summed E-state index contributed by atoms with van der Waals surface area (Å²) in [6.07, 6.45) is 4.09. The molecule has 5 nitrogen and oxygen atoms in total. The van der Waals surface area contributed by atoms with E-state index in [9.17, 15) is 9.90 Å². The number of carboxylic acid groups (broad SMARTS) is 1. The third-order valence-electron chi connectivity index (χ3n) is 3.82. The summed E-state index contributed by atoms with van der Waals surface area (Å²) in [5.74, 6) is -0.0315. The SMILES string of the molecule is O=C(O)C(c1cccnc1)N1CC[C@@H](Oc2ccccc2)C1. The highest BCUT2D eigenvalue weighted by Crippen LogP contribution is 2.27. The van der Waals surface area contributed by atoms with Crippen molar-refractivity contribution in [2.45, 2.75) is 18.6 Å². The Hall–Kier alpha value is -2.40. The maximum Gasteiger partial charge on any atom is 0.325 e. The first-order valence-electron chi connectivity index (χ1n) is 7.32. The predicted octanol–water partition coefficient (Wildman–Crippen LogP) is 2.36. The first kappa shape index (κ1) is 14.5. The standard InChI is InChI=1S/C17H18N2O3/c20-17(21)16(13-5-4-9-18-11-13)19-10-8-15(12-19)22-14-6-2-1-3-7-14/h1-7,9,11,15-16H,8,10,12H2,(H,20,21)/t15-,16?/m1/s1. The van der Waals surface area contributed by atoms with Crippen LogP contribution in [0.25, 0.3) is 0 Å². The lowest BCUT2D eigenvalue weighted by Gasteiger charge is -2.24. The van der Waals surface area contributed by atoms with E-state index in [0.29, 0.717) is 18.7 Å². The van der Waals surface area contributed by atoms with Gasteiger partial charge in [-0.15, -0.1) is 0 Å². The summed E-state index contributed by atoms with van der Waals surface area (Å²) < 4.78 is 5.92. The number of pyridine rings is 1. The highest BCUT2D eigenvalue weighted by molar-refractivity contribution is 5.75. The molecule has 3 rings (SSSR count). The first-order valence-corrected chi connectivity index (χ1v) is 7.32. The van der Waals surface area contributed by atoms with Gasteiger partial charge in [0.1, 0.15) is 17.9 Å². The van der Waals surface area contributed by atoms with E-state index >= 15 is 0 Å². The van der Waals surface area contributed by atoms with Gasteiger partial charge in [0.15, 0.2) is 0 Å². The van der Waals surface area contributed by atoms with Crippen LogP contribution in [-0.2, 0) is 4.79 Å². The average molecular weight is 298 g/mol. The number of hydrogen-bond acceptors (Lipinski definition) is 4. The number of likely N-dealkylation sites (tertiary alicyclic amines) is 1. The molecule has 1 saturated heterocycles. The van der Waals surface area contributed by atoms with Gasteiger partial charge in [0.2, 0.25) is 0 Å². The van der Waals surface area contributed by atoms with Gasteiger partial charge in [0.25, 0.3) is 0 Å². The van der Waals surface area contributed by atoms with Crippen LogP contribution in [0.15, 0.2) is 54.9 Å². The summed E-state index contributed by atoms with van der Waals surface area (Å²) in [6, 6.07) is 12.5. The predicted molar refractivity (Wildman–Crippen MR) is 81.7 cm³/mol. The van der Waals surface area contributed by atoms with Crippen molar-refractivity contribution in [3.63, 3.8) is 0 Å². The summed E-state index contributed by atoms with van der Waals surface area (Å²) in [6.45, 7) is 1.30. The molecule has 2 aromatic rings.